The van der Waals surface area contributed by atoms with E-state index in [-0.39, 0.29) is 0 Å². The molecule has 0 spiro atoms. The number of hydrogen-bond donors (Lipinski definition) is 1. The summed E-state index contributed by atoms with van der Waals surface area (Å²) in [4.78, 5) is 0.866. The highest BCUT2D eigenvalue weighted by Crippen LogP contribution is 2.31. The van der Waals surface area contributed by atoms with Crippen molar-refractivity contribution >= 4 is 27.7 Å². The quantitative estimate of drug-likeness (QED) is 0.864. The van der Waals surface area contributed by atoms with Gasteiger partial charge in [0.2, 0.25) is 0 Å². The number of rotatable bonds is 3. The minimum atomic E-state index is 0.313. The third-order valence-electron chi connectivity index (χ3n) is 1.86. The topological polar surface area (TPSA) is 33.4 Å². The van der Waals surface area contributed by atoms with Crippen LogP contribution in [0.4, 0.5) is 0 Å². The molecule has 78 valence electrons. The molecular weight excluding hydrogens is 276 g/mol. The van der Waals surface area contributed by atoms with Crippen LogP contribution in [-0.4, -0.2) is 5.11 Å². The molecule has 1 aromatic carbocycles. The van der Waals surface area contributed by atoms with Crippen LogP contribution in [0.2, 0.25) is 0 Å². The number of halogens is 1. The number of phenols is 1. The molecule has 1 aromatic heterocycles. The Hall–Kier alpha value is -0.870. The highest BCUT2D eigenvalue weighted by atomic mass is 79.9. The highest BCUT2D eigenvalue weighted by molar-refractivity contribution is 9.10. The van der Waals surface area contributed by atoms with Gasteiger partial charge in [0.1, 0.15) is 11.5 Å². The molecule has 4 heteroatoms. The summed E-state index contributed by atoms with van der Waals surface area (Å²) in [6.07, 6.45) is 0. The third kappa shape index (κ3) is 2.79. The summed E-state index contributed by atoms with van der Waals surface area (Å²) in [5.74, 6) is 1.91. The van der Waals surface area contributed by atoms with Crippen LogP contribution in [0.1, 0.15) is 5.76 Å². The van der Waals surface area contributed by atoms with Crippen molar-refractivity contribution in [2.24, 2.45) is 0 Å². The van der Waals surface area contributed by atoms with E-state index in [1.807, 2.05) is 30.3 Å². The summed E-state index contributed by atoms with van der Waals surface area (Å²) >= 11 is 4.80. The van der Waals surface area contributed by atoms with E-state index in [9.17, 15) is 5.11 Å². The zero-order valence-electron chi connectivity index (χ0n) is 7.81. The lowest BCUT2D eigenvalue weighted by Crippen LogP contribution is -1.76. The predicted molar refractivity (Wildman–Crippen MR) is 64.1 cm³/mol. The van der Waals surface area contributed by atoms with E-state index in [1.54, 1.807) is 17.8 Å². The van der Waals surface area contributed by atoms with Crippen LogP contribution in [0.3, 0.4) is 0 Å². The van der Waals surface area contributed by atoms with Gasteiger partial charge in [0.05, 0.1) is 5.75 Å². The molecule has 2 nitrogen and oxygen atoms in total. The zero-order valence-corrected chi connectivity index (χ0v) is 10.2. The van der Waals surface area contributed by atoms with Gasteiger partial charge in [-0.25, -0.2) is 0 Å². The average molecular weight is 285 g/mol. The smallest absolute Gasteiger partial charge is 0.169 e. The van der Waals surface area contributed by atoms with Crippen LogP contribution in [0.5, 0.6) is 5.75 Å². The Labute approximate surface area is 100 Å². The van der Waals surface area contributed by atoms with Gasteiger partial charge in [0.25, 0.3) is 0 Å². The van der Waals surface area contributed by atoms with Crippen LogP contribution >= 0.6 is 27.7 Å². The SMILES string of the molecule is Oc1ccccc1SCc1ccc(Br)o1. The lowest BCUT2D eigenvalue weighted by molar-refractivity contribution is 0.462. The molecule has 0 bridgehead atoms. The maximum absolute atomic E-state index is 9.53. The summed E-state index contributed by atoms with van der Waals surface area (Å²) in [5, 5.41) is 9.53. The average Bonchev–Trinajstić information content (AvgIpc) is 2.63. The maximum Gasteiger partial charge on any atom is 0.169 e. The summed E-state index contributed by atoms with van der Waals surface area (Å²) in [6.45, 7) is 0. The number of thioether (sulfide) groups is 1. The van der Waals surface area contributed by atoms with Gasteiger partial charge in [0, 0.05) is 4.90 Å². The van der Waals surface area contributed by atoms with Gasteiger partial charge in [-0.2, -0.15) is 0 Å². The molecule has 0 aliphatic carbocycles. The van der Waals surface area contributed by atoms with Gasteiger partial charge in [0.15, 0.2) is 4.67 Å². The molecule has 1 heterocycles. The molecule has 0 saturated heterocycles. The van der Waals surface area contributed by atoms with Gasteiger partial charge in [-0.05, 0) is 40.2 Å². The van der Waals surface area contributed by atoms with Crippen LogP contribution in [0, 0.1) is 0 Å². The van der Waals surface area contributed by atoms with E-state index in [2.05, 4.69) is 15.9 Å². The fourth-order valence-corrected chi connectivity index (χ4v) is 2.34. The van der Waals surface area contributed by atoms with Crippen molar-refractivity contribution in [3.63, 3.8) is 0 Å². The van der Waals surface area contributed by atoms with Gasteiger partial charge in [-0.15, -0.1) is 11.8 Å². The van der Waals surface area contributed by atoms with Gasteiger partial charge in [-0.1, -0.05) is 12.1 Å². The number of hydrogen-bond acceptors (Lipinski definition) is 3. The first-order valence-electron chi connectivity index (χ1n) is 4.41. The molecule has 15 heavy (non-hydrogen) atoms. The largest absolute Gasteiger partial charge is 0.507 e. The van der Waals surface area contributed by atoms with E-state index < -0.39 is 0 Å². The first-order valence-corrected chi connectivity index (χ1v) is 6.18. The van der Waals surface area contributed by atoms with Crippen LogP contribution in [0.15, 0.2) is 50.4 Å². The molecule has 0 unspecified atom stereocenters. The molecule has 2 rings (SSSR count). The van der Waals surface area contributed by atoms with E-state index in [0.29, 0.717) is 11.5 Å². The molecule has 0 aliphatic heterocycles. The number of aromatic hydroxyl groups is 1. The Balaban J connectivity index is 2.02. The van der Waals surface area contributed by atoms with E-state index in [0.717, 1.165) is 15.3 Å². The first-order chi connectivity index (χ1) is 7.25. The lowest BCUT2D eigenvalue weighted by Gasteiger charge is -2.01. The van der Waals surface area contributed by atoms with Crippen LogP contribution in [0.25, 0.3) is 0 Å². The zero-order chi connectivity index (χ0) is 10.7. The molecule has 0 aliphatic rings. The van der Waals surface area contributed by atoms with Crippen molar-refractivity contribution in [3.8, 4) is 5.75 Å². The van der Waals surface area contributed by atoms with Crippen LogP contribution in [-0.2, 0) is 5.75 Å². The number of phenolic OH excluding ortho intramolecular Hbond substituents is 1. The molecule has 1 N–H and O–H groups in total. The molecule has 0 saturated carbocycles. The van der Waals surface area contributed by atoms with E-state index >= 15 is 0 Å². The Kier molecular flexibility index (Phi) is 3.38. The van der Waals surface area contributed by atoms with Crippen molar-refractivity contribution < 1.29 is 9.52 Å². The number of benzene rings is 1. The molecule has 0 amide bonds. The van der Waals surface area contributed by atoms with Gasteiger partial charge < -0.3 is 9.52 Å². The Morgan fingerprint density at radius 1 is 1.20 bits per heavy atom. The minimum Gasteiger partial charge on any atom is -0.507 e. The fourth-order valence-electron chi connectivity index (χ4n) is 1.16. The molecule has 0 atom stereocenters. The highest BCUT2D eigenvalue weighted by Gasteiger charge is 2.03. The van der Waals surface area contributed by atoms with E-state index in [1.165, 1.54) is 0 Å². The Morgan fingerprint density at radius 2 is 2.00 bits per heavy atom. The second-order valence-corrected chi connectivity index (χ2v) is 4.76. The lowest BCUT2D eigenvalue weighted by atomic mass is 10.3. The number of furan rings is 1. The Morgan fingerprint density at radius 3 is 2.67 bits per heavy atom. The fraction of sp³-hybridized carbons (Fsp3) is 0.0909. The summed E-state index contributed by atoms with van der Waals surface area (Å²) in [5.41, 5.74) is 0. The summed E-state index contributed by atoms with van der Waals surface area (Å²) in [7, 11) is 0. The second-order valence-electron chi connectivity index (χ2n) is 2.96. The van der Waals surface area contributed by atoms with Crippen molar-refractivity contribution in [1.29, 1.82) is 0 Å². The van der Waals surface area contributed by atoms with Crippen molar-refractivity contribution in [3.05, 3.63) is 46.8 Å². The van der Waals surface area contributed by atoms with E-state index in [4.69, 9.17) is 4.42 Å². The standard InChI is InChI=1S/C11H9BrO2S/c12-11-6-5-8(14-11)7-15-10-4-2-1-3-9(10)13/h1-6,13H,7H2. The Bertz CT molecular complexity index is 453. The predicted octanol–water partition coefficient (Wildman–Crippen LogP) is 4.04. The second kappa shape index (κ2) is 4.77. The molecule has 2 aromatic rings. The number of para-hydroxylation sites is 1. The van der Waals surface area contributed by atoms with Gasteiger partial charge >= 0.3 is 0 Å². The molecular formula is C11H9BrO2S. The van der Waals surface area contributed by atoms with Crippen molar-refractivity contribution in [2.75, 3.05) is 0 Å². The molecule has 0 fully saturated rings. The van der Waals surface area contributed by atoms with Crippen molar-refractivity contribution in [2.45, 2.75) is 10.6 Å². The normalized spacial score (nSPS) is 10.5. The first kappa shape index (κ1) is 10.6. The van der Waals surface area contributed by atoms with Gasteiger partial charge in [-0.3, -0.25) is 0 Å². The monoisotopic (exact) mass is 284 g/mol. The minimum absolute atomic E-state index is 0.313. The van der Waals surface area contributed by atoms with Crippen molar-refractivity contribution in [1.82, 2.24) is 0 Å². The summed E-state index contributed by atoms with van der Waals surface area (Å²) in [6, 6.07) is 11.1. The summed E-state index contributed by atoms with van der Waals surface area (Å²) < 4.78 is 6.09. The maximum atomic E-state index is 9.53. The third-order valence-corrected chi connectivity index (χ3v) is 3.38. The molecule has 0 radical (unpaired) electrons. The van der Waals surface area contributed by atoms with Crippen LogP contribution < -0.4 is 0 Å².